The molecule has 0 unspecified atom stereocenters. The van der Waals surface area contributed by atoms with E-state index in [1.165, 1.54) is 50.9 Å². The first kappa shape index (κ1) is 19.9. The molecule has 0 saturated heterocycles. The van der Waals surface area contributed by atoms with Gasteiger partial charge in [0.2, 0.25) is 0 Å². The number of aromatic nitrogens is 1. The Balaban J connectivity index is 2.37. The van der Waals surface area contributed by atoms with Gasteiger partial charge in [-0.15, -0.1) is 0 Å². The van der Waals surface area contributed by atoms with Crippen LogP contribution in [0.1, 0.15) is 11.1 Å². The van der Waals surface area contributed by atoms with E-state index in [0.29, 0.717) is 11.3 Å². The molecule has 27 heavy (non-hydrogen) atoms. The number of hydrogen-bond donors (Lipinski definition) is 0. The van der Waals surface area contributed by atoms with Gasteiger partial charge in [0.1, 0.15) is 17.4 Å². The molecule has 1 aromatic heterocycles. The Kier molecular flexibility index (Phi) is 6.46. The highest BCUT2D eigenvalue weighted by Crippen LogP contribution is 2.36. The smallest absolute Gasteiger partial charge is 0.416 e. The lowest BCUT2D eigenvalue weighted by molar-refractivity contribution is -0.137. The largest absolute Gasteiger partial charge is 0.494 e. The molecule has 9 heteroatoms. The number of benzene rings is 1. The normalized spacial score (nSPS) is 11.0. The molecule has 2 aromatic rings. The summed E-state index contributed by atoms with van der Waals surface area (Å²) in [6, 6.07) is 6.77. The molecule has 0 spiro atoms. The average Bonchev–Trinajstić information content (AvgIpc) is 2.66. The summed E-state index contributed by atoms with van der Waals surface area (Å²) in [5, 5.41) is 0. The third kappa shape index (κ3) is 5.52. The van der Waals surface area contributed by atoms with Crippen molar-refractivity contribution in [2.45, 2.75) is 6.18 Å². The molecule has 0 saturated carbocycles. The fourth-order valence-corrected chi connectivity index (χ4v) is 1.94. The van der Waals surface area contributed by atoms with Crippen LogP contribution >= 0.6 is 0 Å². The Morgan fingerprint density at radius 2 is 1.93 bits per heavy atom. The fraction of sp³-hybridized carbons (Fsp3) is 0.167. The van der Waals surface area contributed by atoms with Gasteiger partial charge in [0.15, 0.2) is 0 Å². The van der Waals surface area contributed by atoms with Gasteiger partial charge < -0.3 is 9.47 Å². The minimum absolute atomic E-state index is 0.0724. The second-order valence-corrected chi connectivity index (χ2v) is 5.00. The standard InChI is InChI=1S/C18H14F3N3O3/c1-26-16-5-4-13(18(19,20)21)9-15(16)24-11-23-14-7-8-22-10-12(14)3-6-17(25)27-2/h3-10H,1-2H3. The van der Waals surface area contributed by atoms with Crippen LogP contribution in [0.5, 0.6) is 5.75 Å². The minimum Gasteiger partial charge on any atom is -0.494 e. The van der Waals surface area contributed by atoms with Crippen molar-refractivity contribution in [2.75, 3.05) is 14.2 Å². The molecular formula is C18H14F3N3O3. The number of aliphatic imine (C=N–C) groups is 2. The maximum Gasteiger partial charge on any atom is 0.416 e. The molecule has 2 rings (SSSR count). The van der Waals surface area contributed by atoms with Gasteiger partial charge in [0.05, 0.1) is 25.5 Å². The second kappa shape index (κ2) is 8.77. The summed E-state index contributed by atoms with van der Waals surface area (Å²) in [6.07, 6.45) is 1.02. The number of carbonyl (C=O) groups is 1. The number of hydrogen-bond acceptors (Lipinski definition) is 6. The lowest BCUT2D eigenvalue weighted by Crippen LogP contribution is -2.04. The van der Waals surface area contributed by atoms with Gasteiger partial charge >= 0.3 is 12.1 Å². The van der Waals surface area contributed by atoms with Gasteiger partial charge in [0.25, 0.3) is 0 Å². The van der Waals surface area contributed by atoms with Crippen molar-refractivity contribution < 1.29 is 27.4 Å². The van der Waals surface area contributed by atoms with Crippen molar-refractivity contribution in [1.29, 1.82) is 0 Å². The zero-order chi connectivity index (χ0) is 19.9. The fourth-order valence-electron chi connectivity index (χ4n) is 1.94. The highest BCUT2D eigenvalue weighted by molar-refractivity contribution is 5.88. The van der Waals surface area contributed by atoms with E-state index in [9.17, 15) is 18.0 Å². The number of pyridine rings is 1. The molecule has 1 aromatic carbocycles. The van der Waals surface area contributed by atoms with Crippen LogP contribution in [0.3, 0.4) is 0 Å². The average molecular weight is 377 g/mol. The Bertz CT molecular complexity index is 918. The summed E-state index contributed by atoms with van der Waals surface area (Å²) >= 11 is 0. The van der Waals surface area contributed by atoms with Crippen LogP contribution in [0.25, 0.3) is 6.08 Å². The van der Waals surface area contributed by atoms with Crippen molar-refractivity contribution in [2.24, 2.45) is 9.98 Å². The van der Waals surface area contributed by atoms with Crippen molar-refractivity contribution in [1.82, 2.24) is 4.98 Å². The van der Waals surface area contributed by atoms with Gasteiger partial charge in [-0.1, -0.05) is 0 Å². The zero-order valence-corrected chi connectivity index (χ0v) is 14.3. The molecule has 0 radical (unpaired) electrons. The Morgan fingerprint density at radius 1 is 1.19 bits per heavy atom. The van der Waals surface area contributed by atoms with E-state index in [4.69, 9.17) is 4.74 Å². The first-order valence-corrected chi connectivity index (χ1v) is 7.47. The van der Waals surface area contributed by atoms with E-state index < -0.39 is 17.7 Å². The van der Waals surface area contributed by atoms with Crippen LogP contribution in [-0.2, 0) is 15.7 Å². The lowest BCUT2D eigenvalue weighted by atomic mass is 10.2. The SMILES string of the molecule is COC(=O)C=Cc1cnccc1N=C=Nc1cc(C(F)(F)F)ccc1OC. The lowest BCUT2D eigenvalue weighted by Gasteiger charge is -2.09. The molecule has 0 atom stereocenters. The molecule has 0 bridgehead atoms. The Morgan fingerprint density at radius 3 is 2.59 bits per heavy atom. The highest BCUT2D eigenvalue weighted by atomic mass is 19.4. The maximum atomic E-state index is 12.8. The maximum absolute atomic E-state index is 12.8. The summed E-state index contributed by atoms with van der Waals surface area (Å²) in [4.78, 5) is 22.9. The molecular weight excluding hydrogens is 363 g/mol. The van der Waals surface area contributed by atoms with Gasteiger partial charge in [-0.3, -0.25) is 4.98 Å². The number of nitrogens with zero attached hydrogens (tertiary/aromatic N) is 3. The molecule has 6 nitrogen and oxygen atoms in total. The molecule has 0 aliphatic rings. The number of halogens is 3. The molecule has 140 valence electrons. The molecule has 0 amide bonds. The summed E-state index contributed by atoms with van der Waals surface area (Å²) < 4.78 is 48.0. The van der Waals surface area contributed by atoms with E-state index in [-0.39, 0.29) is 11.4 Å². The number of rotatable bonds is 5. The van der Waals surface area contributed by atoms with E-state index in [1.54, 1.807) is 0 Å². The second-order valence-electron chi connectivity index (χ2n) is 5.00. The Hall–Kier alpha value is -3.45. The zero-order valence-electron chi connectivity index (χ0n) is 14.3. The van der Waals surface area contributed by atoms with Gasteiger partial charge in [0, 0.05) is 24.0 Å². The van der Waals surface area contributed by atoms with Gasteiger partial charge in [-0.25, -0.2) is 4.79 Å². The number of ether oxygens (including phenoxy) is 2. The molecule has 1 heterocycles. The minimum atomic E-state index is -4.51. The summed E-state index contributed by atoms with van der Waals surface area (Å²) in [5.41, 5.74) is -0.104. The van der Waals surface area contributed by atoms with E-state index in [0.717, 1.165) is 12.1 Å². The van der Waals surface area contributed by atoms with Crippen LogP contribution < -0.4 is 4.74 Å². The quantitative estimate of drug-likeness (QED) is 0.439. The van der Waals surface area contributed by atoms with Crippen LogP contribution in [0.2, 0.25) is 0 Å². The molecule has 0 aliphatic heterocycles. The van der Waals surface area contributed by atoms with Crippen molar-refractivity contribution in [3.8, 4) is 5.75 Å². The molecule has 0 fully saturated rings. The third-order valence-electron chi connectivity index (χ3n) is 3.28. The Labute approximate surface area is 152 Å². The first-order chi connectivity index (χ1) is 12.8. The highest BCUT2D eigenvalue weighted by Gasteiger charge is 2.31. The predicted molar refractivity (Wildman–Crippen MR) is 92.5 cm³/mol. The van der Waals surface area contributed by atoms with Crippen molar-refractivity contribution >= 4 is 29.4 Å². The van der Waals surface area contributed by atoms with Crippen LogP contribution in [0.4, 0.5) is 24.5 Å². The third-order valence-corrected chi connectivity index (χ3v) is 3.28. The monoisotopic (exact) mass is 377 g/mol. The predicted octanol–water partition coefficient (Wildman–Crippen LogP) is 4.43. The van der Waals surface area contributed by atoms with E-state index in [2.05, 4.69) is 25.7 Å². The topological polar surface area (TPSA) is 73.1 Å². The number of methoxy groups -OCH3 is 2. The number of carbonyl (C=O) groups excluding carboxylic acids is 1. The van der Waals surface area contributed by atoms with Crippen molar-refractivity contribution in [3.05, 3.63) is 53.9 Å². The molecule has 0 aliphatic carbocycles. The van der Waals surface area contributed by atoms with E-state index >= 15 is 0 Å². The summed E-state index contributed by atoms with van der Waals surface area (Å²) in [6.45, 7) is 0. The summed E-state index contributed by atoms with van der Waals surface area (Å²) in [7, 11) is 2.56. The van der Waals surface area contributed by atoms with Crippen molar-refractivity contribution in [3.63, 3.8) is 0 Å². The molecule has 0 N–H and O–H groups in total. The van der Waals surface area contributed by atoms with Gasteiger partial charge in [-0.05, 0) is 30.3 Å². The first-order valence-electron chi connectivity index (χ1n) is 7.47. The van der Waals surface area contributed by atoms with Crippen LogP contribution in [0.15, 0.2) is 52.7 Å². The number of alkyl halides is 3. The number of esters is 1. The van der Waals surface area contributed by atoms with Crippen LogP contribution in [-0.4, -0.2) is 31.2 Å². The summed E-state index contributed by atoms with van der Waals surface area (Å²) in [5.74, 6) is -0.414. The van der Waals surface area contributed by atoms with E-state index in [1.807, 2.05) is 0 Å². The van der Waals surface area contributed by atoms with Crippen LogP contribution in [0, 0.1) is 0 Å². The van der Waals surface area contributed by atoms with Gasteiger partial charge in [-0.2, -0.15) is 23.2 Å².